The van der Waals surface area contributed by atoms with Crippen molar-refractivity contribution in [3.63, 3.8) is 0 Å². The van der Waals surface area contributed by atoms with Gasteiger partial charge in [-0.25, -0.2) is 0 Å². The van der Waals surface area contributed by atoms with E-state index in [1.807, 2.05) is 0 Å². The van der Waals surface area contributed by atoms with Crippen molar-refractivity contribution in [2.24, 2.45) is 11.5 Å². The van der Waals surface area contributed by atoms with Crippen LogP contribution in [0.5, 0.6) is 0 Å². The van der Waals surface area contributed by atoms with Crippen LogP contribution in [0.3, 0.4) is 0 Å². The fraction of sp³-hybridized carbons (Fsp3) is 0.481. The van der Waals surface area contributed by atoms with Crippen molar-refractivity contribution in [2.45, 2.75) is 45.1 Å². The fourth-order valence-electron chi connectivity index (χ4n) is 4.41. The van der Waals surface area contributed by atoms with Gasteiger partial charge in [-0.2, -0.15) is 0 Å². The number of rotatable bonds is 15. The Labute approximate surface area is 236 Å². The van der Waals surface area contributed by atoms with Gasteiger partial charge in [-0.15, -0.1) is 49.6 Å². The zero-order chi connectivity index (χ0) is 21.7. The van der Waals surface area contributed by atoms with Crippen LogP contribution in [0.15, 0.2) is 54.6 Å². The van der Waals surface area contributed by atoms with E-state index >= 15 is 0 Å². The average Bonchev–Trinajstić information content (AvgIpc) is 2.80. The van der Waals surface area contributed by atoms with Crippen molar-refractivity contribution in [1.82, 2.24) is 10.2 Å². The minimum absolute atomic E-state index is 0. The summed E-state index contributed by atoms with van der Waals surface area (Å²) < 4.78 is 0. The monoisotopic (exact) mass is 564 g/mol. The number of halogens is 4. The topological polar surface area (TPSA) is 67.3 Å². The highest BCUT2D eigenvalue weighted by atomic mass is 35.5. The summed E-state index contributed by atoms with van der Waals surface area (Å²) >= 11 is 0. The Morgan fingerprint density at radius 2 is 1.09 bits per heavy atom. The van der Waals surface area contributed by atoms with Crippen molar-refractivity contribution < 1.29 is 0 Å². The Balaban J connectivity index is 0. The lowest BCUT2D eigenvalue weighted by molar-refractivity contribution is 0.258. The van der Waals surface area contributed by atoms with Gasteiger partial charge < -0.3 is 21.7 Å². The third-order valence-corrected chi connectivity index (χ3v) is 6.12. The molecular weight excluding hydrogens is 522 g/mol. The molecule has 35 heavy (non-hydrogen) atoms. The zero-order valence-electron chi connectivity index (χ0n) is 20.6. The Morgan fingerprint density at radius 3 is 1.66 bits per heavy atom. The quantitative estimate of drug-likeness (QED) is 0.149. The molecule has 8 heteroatoms. The molecule has 0 aliphatic carbocycles. The van der Waals surface area contributed by atoms with Crippen LogP contribution in [0.25, 0.3) is 21.5 Å². The molecule has 0 radical (unpaired) electrons. The van der Waals surface area contributed by atoms with E-state index in [2.05, 4.69) is 64.8 Å². The maximum atomic E-state index is 5.69. The summed E-state index contributed by atoms with van der Waals surface area (Å²) in [6, 6.07) is 19.8. The minimum atomic E-state index is 0. The number of fused-ring (bicyclic) bond motifs is 2. The van der Waals surface area contributed by atoms with Crippen LogP contribution < -0.4 is 16.8 Å². The first-order valence-corrected chi connectivity index (χ1v) is 12.1. The Kier molecular flexibility index (Phi) is 22.1. The van der Waals surface area contributed by atoms with E-state index in [0.717, 1.165) is 52.1 Å². The molecule has 200 valence electrons. The molecule has 0 fully saturated rings. The van der Waals surface area contributed by atoms with Crippen LogP contribution in [0.1, 0.15) is 44.1 Å². The number of benzene rings is 3. The second-order valence-corrected chi connectivity index (χ2v) is 8.51. The van der Waals surface area contributed by atoms with Crippen molar-refractivity contribution in [3.8, 4) is 0 Å². The van der Waals surface area contributed by atoms with Gasteiger partial charge in [0, 0.05) is 6.54 Å². The maximum absolute atomic E-state index is 5.69. The molecular formula is C27H44Cl4N4. The largest absolute Gasteiger partial charge is 0.330 e. The zero-order valence-corrected chi connectivity index (χ0v) is 23.9. The van der Waals surface area contributed by atoms with E-state index < -0.39 is 0 Å². The first kappa shape index (κ1) is 36.3. The molecule has 0 aliphatic rings. The predicted molar refractivity (Wildman–Crippen MR) is 164 cm³/mol. The van der Waals surface area contributed by atoms with Crippen LogP contribution in [0, 0.1) is 0 Å². The second kappa shape index (κ2) is 21.3. The first-order valence-electron chi connectivity index (χ1n) is 12.1. The summed E-state index contributed by atoms with van der Waals surface area (Å²) in [4.78, 5) is 2.61. The number of nitrogens with zero attached hydrogens (tertiary/aromatic N) is 1. The molecule has 3 aromatic rings. The summed E-state index contributed by atoms with van der Waals surface area (Å²) in [5, 5.41) is 9.08. The summed E-state index contributed by atoms with van der Waals surface area (Å²) in [6.07, 6.45) is 7.10. The van der Waals surface area contributed by atoms with Gasteiger partial charge in [0.25, 0.3) is 0 Å². The molecule has 5 N–H and O–H groups in total. The van der Waals surface area contributed by atoms with Gasteiger partial charge in [-0.05, 0) is 105 Å². The van der Waals surface area contributed by atoms with Gasteiger partial charge in [-0.3, -0.25) is 0 Å². The molecule has 0 saturated heterocycles. The standard InChI is InChI=1S/C27H40N4.4ClH/c28-15-6-1-8-18-31(19-9-7-16-29)20-10-17-30-22-27-25-13-4-2-11-23(25)21-24-12-3-5-14-26(24)27;;;;/h2-5,11-14,21,30H,1,6-10,15-20,22,28-29H2;4*1H. The van der Waals surface area contributed by atoms with E-state index in [-0.39, 0.29) is 49.6 Å². The van der Waals surface area contributed by atoms with E-state index in [1.54, 1.807) is 0 Å². The predicted octanol–water partition coefficient (Wildman–Crippen LogP) is 6.33. The van der Waals surface area contributed by atoms with Gasteiger partial charge in [0.2, 0.25) is 0 Å². The molecule has 3 aromatic carbocycles. The lowest BCUT2D eigenvalue weighted by atomic mass is 9.97. The lowest BCUT2D eigenvalue weighted by Gasteiger charge is -2.22. The number of nitrogens with two attached hydrogens (primary N) is 2. The molecule has 0 bridgehead atoms. The molecule has 4 nitrogen and oxygen atoms in total. The normalized spacial score (nSPS) is 10.4. The molecule has 0 amide bonds. The summed E-state index contributed by atoms with van der Waals surface area (Å²) in [5.74, 6) is 0. The smallest absolute Gasteiger partial charge is 0.0217 e. The van der Waals surface area contributed by atoms with Gasteiger partial charge >= 0.3 is 0 Å². The summed E-state index contributed by atoms with van der Waals surface area (Å²) in [6.45, 7) is 7.03. The number of unbranched alkanes of at least 4 members (excludes halogenated alkanes) is 3. The maximum Gasteiger partial charge on any atom is 0.0217 e. The second-order valence-electron chi connectivity index (χ2n) is 8.51. The Morgan fingerprint density at radius 1 is 0.600 bits per heavy atom. The average molecular weight is 566 g/mol. The van der Waals surface area contributed by atoms with E-state index in [1.165, 1.54) is 59.3 Å². The third kappa shape index (κ3) is 11.8. The molecule has 0 heterocycles. The van der Waals surface area contributed by atoms with E-state index in [9.17, 15) is 0 Å². The summed E-state index contributed by atoms with van der Waals surface area (Å²) in [5.41, 5.74) is 12.7. The molecule has 0 saturated carbocycles. The highest BCUT2D eigenvalue weighted by Crippen LogP contribution is 2.28. The lowest BCUT2D eigenvalue weighted by Crippen LogP contribution is -2.30. The van der Waals surface area contributed by atoms with Gasteiger partial charge in [0.05, 0.1) is 0 Å². The van der Waals surface area contributed by atoms with Gasteiger partial charge in [0.1, 0.15) is 0 Å². The van der Waals surface area contributed by atoms with Crippen molar-refractivity contribution >= 4 is 71.2 Å². The highest BCUT2D eigenvalue weighted by Gasteiger charge is 2.08. The summed E-state index contributed by atoms with van der Waals surface area (Å²) in [7, 11) is 0. The van der Waals surface area contributed by atoms with Crippen LogP contribution in [0.4, 0.5) is 0 Å². The SMILES string of the molecule is Cl.Cl.Cl.Cl.NCCCCCN(CCCCN)CCCNCc1c2ccccc2cc2ccccc12. The Hall–Kier alpha value is -0.820. The number of hydrogen-bond donors (Lipinski definition) is 3. The van der Waals surface area contributed by atoms with Gasteiger partial charge in [-0.1, -0.05) is 55.0 Å². The van der Waals surface area contributed by atoms with Crippen molar-refractivity contribution in [3.05, 3.63) is 60.2 Å². The number of hydrogen-bond acceptors (Lipinski definition) is 4. The molecule has 0 unspecified atom stereocenters. The minimum Gasteiger partial charge on any atom is -0.330 e. The molecule has 0 spiro atoms. The Bertz CT molecular complexity index is 872. The first-order chi connectivity index (χ1) is 15.3. The van der Waals surface area contributed by atoms with Crippen LogP contribution in [0.2, 0.25) is 0 Å². The van der Waals surface area contributed by atoms with E-state index in [4.69, 9.17) is 11.5 Å². The molecule has 3 rings (SSSR count). The van der Waals surface area contributed by atoms with Crippen LogP contribution >= 0.6 is 49.6 Å². The molecule has 0 aromatic heterocycles. The van der Waals surface area contributed by atoms with Crippen LogP contribution in [-0.2, 0) is 6.54 Å². The van der Waals surface area contributed by atoms with Gasteiger partial charge in [0.15, 0.2) is 0 Å². The fourth-order valence-corrected chi connectivity index (χ4v) is 4.41. The molecule has 0 aliphatic heterocycles. The van der Waals surface area contributed by atoms with Crippen molar-refractivity contribution in [2.75, 3.05) is 39.3 Å². The van der Waals surface area contributed by atoms with Crippen molar-refractivity contribution in [1.29, 1.82) is 0 Å². The van der Waals surface area contributed by atoms with Crippen LogP contribution in [-0.4, -0.2) is 44.2 Å². The molecule has 0 atom stereocenters. The highest BCUT2D eigenvalue weighted by molar-refractivity contribution is 6.02. The van der Waals surface area contributed by atoms with E-state index in [0.29, 0.717) is 0 Å². The third-order valence-electron chi connectivity index (χ3n) is 6.12. The number of nitrogens with one attached hydrogen (secondary N) is 1.